The van der Waals surface area contributed by atoms with Crippen LogP contribution in [0.15, 0.2) is 0 Å². The lowest BCUT2D eigenvalue weighted by Crippen LogP contribution is -2.57. The molecule has 0 aromatic heterocycles. The summed E-state index contributed by atoms with van der Waals surface area (Å²) in [6.45, 7) is 7.20. The number of piperazine rings is 1. The Balaban J connectivity index is 1.41. The second-order valence-electron chi connectivity index (χ2n) is 6.04. The largest absolute Gasteiger partial charge is 0.342 e. The molecule has 0 unspecified atom stereocenters. The lowest BCUT2D eigenvalue weighted by molar-refractivity contribution is -0.139. The van der Waals surface area contributed by atoms with E-state index in [2.05, 4.69) is 10.2 Å². The van der Waals surface area contributed by atoms with Gasteiger partial charge >= 0.3 is 0 Å². The van der Waals surface area contributed by atoms with Crippen molar-refractivity contribution in [2.24, 2.45) is 5.92 Å². The summed E-state index contributed by atoms with van der Waals surface area (Å²) in [7, 11) is 0. The topological polar surface area (TPSA) is 55.9 Å². The molecule has 0 saturated carbocycles. The number of hydrogen-bond acceptors (Lipinski definition) is 4. The van der Waals surface area contributed by atoms with Crippen molar-refractivity contribution in [2.75, 3.05) is 58.9 Å². The molecule has 0 spiro atoms. The summed E-state index contributed by atoms with van der Waals surface area (Å²) in [6.07, 6.45) is 2.28. The predicted molar refractivity (Wildman–Crippen MR) is 75.2 cm³/mol. The average molecular weight is 280 g/mol. The smallest absolute Gasteiger partial charge is 0.236 e. The first-order valence-electron chi connectivity index (χ1n) is 7.73. The highest BCUT2D eigenvalue weighted by molar-refractivity contribution is 5.80. The molecule has 0 aliphatic carbocycles. The van der Waals surface area contributed by atoms with Crippen LogP contribution in [0.3, 0.4) is 0 Å². The molecule has 3 heterocycles. The molecule has 3 saturated heterocycles. The number of amides is 2. The molecule has 3 aliphatic heterocycles. The molecule has 0 bridgehead atoms. The van der Waals surface area contributed by atoms with Crippen LogP contribution in [-0.2, 0) is 9.59 Å². The Morgan fingerprint density at radius 3 is 2.10 bits per heavy atom. The van der Waals surface area contributed by atoms with Crippen molar-refractivity contribution in [1.82, 2.24) is 20.0 Å². The maximum absolute atomic E-state index is 12.1. The molecule has 0 aromatic rings. The molecule has 0 atom stereocenters. The molecule has 0 aromatic carbocycles. The van der Waals surface area contributed by atoms with Crippen molar-refractivity contribution in [1.29, 1.82) is 0 Å². The molecule has 3 aliphatic rings. The molecular formula is C14H24N4O2. The van der Waals surface area contributed by atoms with Crippen molar-refractivity contribution < 1.29 is 9.59 Å². The average Bonchev–Trinajstić information content (AvgIpc) is 2.91. The fraction of sp³-hybridized carbons (Fsp3) is 0.857. The van der Waals surface area contributed by atoms with Gasteiger partial charge in [0.1, 0.15) is 0 Å². The Labute approximate surface area is 120 Å². The lowest BCUT2D eigenvalue weighted by Gasteiger charge is -2.38. The normalized spacial score (nSPS) is 24.8. The van der Waals surface area contributed by atoms with Crippen LogP contribution in [0, 0.1) is 5.92 Å². The Morgan fingerprint density at radius 2 is 1.55 bits per heavy atom. The van der Waals surface area contributed by atoms with Crippen LogP contribution in [0.4, 0.5) is 0 Å². The quantitative estimate of drug-likeness (QED) is 0.718. The summed E-state index contributed by atoms with van der Waals surface area (Å²) in [6, 6.07) is 0. The molecule has 0 radical (unpaired) electrons. The molecule has 20 heavy (non-hydrogen) atoms. The molecule has 2 amide bonds. The number of nitrogens with one attached hydrogen (secondary N) is 1. The molecule has 1 N–H and O–H groups in total. The monoisotopic (exact) mass is 280 g/mol. The molecular weight excluding hydrogens is 256 g/mol. The highest BCUT2D eigenvalue weighted by Crippen LogP contribution is 2.12. The van der Waals surface area contributed by atoms with E-state index in [1.165, 1.54) is 0 Å². The van der Waals surface area contributed by atoms with Gasteiger partial charge in [0.25, 0.3) is 0 Å². The Morgan fingerprint density at radius 1 is 0.900 bits per heavy atom. The maximum Gasteiger partial charge on any atom is 0.236 e. The van der Waals surface area contributed by atoms with Crippen molar-refractivity contribution >= 4 is 11.8 Å². The Hall–Kier alpha value is -1.14. The predicted octanol–water partition coefficient (Wildman–Crippen LogP) is -1.03. The number of rotatable bonds is 3. The van der Waals surface area contributed by atoms with Crippen molar-refractivity contribution in [3.63, 3.8) is 0 Å². The number of hydrogen-bond donors (Lipinski definition) is 1. The van der Waals surface area contributed by atoms with Crippen LogP contribution < -0.4 is 5.32 Å². The van der Waals surface area contributed by atoms with Crippen LogP contribution in [-0.4, -0.2) is 85.4 Å². The highest BCUT2D eigenvalue weighted by Gasteiger charge is 2.31. The summed E-state index contributed by atoms with van der Waals surface area (Å²) in [5.74, 6) is 0.729. The van der Waals surface area contributed by atoms with Crippen LogP contribution in [0.1, 0.15) is 12.8 Å². The Bertz CT molecular complexity index is 369. The number of nitrogens with zero attached hydrogens (tertiary/aromatic N) is 3. The number of likely N-dealkylation sites (tertiary alicyclic amines) is 1. The third-order valence-electron chi connectivity index (χ3n) is 4.63. The SMILES string of the molecule is O=C(CN1CCN(C(=O)C2CNC2)CC1)N1CCCC1. The van der Waals surface area contributed by atoms with Crippen molar-refractivity contribution in [2.45, 2.75) is 12.8 Å². The fourth-order valence-electron chi connectivity index (χ4n) is 3.11. The Kier molecular flexibility index (Phi) is 4.21. The summed E-state index contributed by atoms with van der Waals surface area (Å²) >= 11 is 0. The van der Waals surface area contributed by atoms with Crippen molar-refractivity contribution in [3.05, 3.63) is 0 Å². The van der Waals surface area contributed by atoms with E-state index in [-0.39, 0.29) is 17.7 Å². The van der Waals surface area contributed by atoms with Gasteiger partial charge in [0.15, 0.2) is 0 Å². The van der Waals surface area contributed by atoms with E-state index in [4.69, 9.17) is 0 Å². The lowest BCUT2D eigenvalue weighted by atomic mass is 10.0. The zero-order valence-corrected chi connectivity index (χ0v) is 12.0. The third-order valence-corrected chi connectivity index (χ3v) is 4.63. The number of carbonyl (C=O) groups excluding carboxylic acids is 2. The van der Waals surface area contributed by atoms with E-state index < -0.39 is 0 Å². The zero-order chi connectivity index (χ0) is 13.9. The molecule has 3 rings (SSSR count). The minimum absolute atomic E-state index is 0.188. The summed E-state index contributed by atoms with van der Waals surface area (Å²) in [4.78, 5) is 30.3. The van der Waals surface area contributed by atoms with Gasteiger partial charge in [-0.1, -0.05) is 0 Å². The van der Waals surface area contributed by atoms with Gasteiger partial charge in [-0.05, 0) is 12.8 Å². The van der Waals surface area contributed by atoms with Crippen LogP contribution in [0.2, 0.25) is 0 Å². The first kappa shape index (κ1) is 13.8. The number of carbonyl (C=O) groups is 2. The summed E-state index contributed by atoms with van der Waals surface area (Å²) in [5.41, 5.74) is 0. The van der Waals surface area contributed by atoms with E-state index >= 15 is 0 Å². The van der Waals surface area contributed by atoms with Gasteiger partial charge in [0, 0.05) is 52.4 Å². The second kappa shape index (κ2) is 6.10. The first-order valence-corrected chi connectivity index (χ1v) is 7.73. The van der Waals surface area contributed by atoms with E-state index in [1.54, 1.807) is 0 Å². The maximum atomic E-state index is 12.1. The van der Waals surface area contributed by atoms with E-state index in [0.29, 0.717) is 6.54 Å². The van der Waals surface area contributed by atoms with Crippen LogP contribution in [0.25, 0.3) is 0 Å². The molecule has 112 valence electrons. The van der Waals surface area contributed by atoms with Gasteiger partial charge in [-0.15, -0.1) is 0 Å². The van der Waals surface area contributed by atoms with E-state index in [1.807, 2.05) is 9.80 Å². The van der Waals surface area contributed by atoms with Crippen LogP contribution >= 0.6 is 0 Å². The minimum atomic E-state index is 0.188. The highest BCUT2D eigenvalue weighted by atomic mass is 16.2. The second-order valence-corrected chi connectivity index (χ2v) is 6.04. The van der Waals surface area contributed by atoms with Gasteiger partial charge in [0.05, 0.1) is 12.5 Å². The van der Waals surface area contributed by atoms with Gasteiger partial charge in [0.2, 0.25) is 11.8 Å². The van der Waals surface area contributed by atoms with Gasteiger partial charge in [-0.2, -0.15) is 0 Å². The molecule has 3 fully saturated rings. The summed E-state index contributed by atoms with van der Waals surface area (Å²) in [5, 5.41) is 3.14. The molecule has 6 heteroatoms. The van der Waals surface area contributed by atoms with Crippen molar-refractivity contribution in [3.8, 4) is 0 Å². The zero-order valence-electron chi connectivity index (χ0n) is 12.0. The van der Waals surface area contributed by atoms with Gasteiger partial charge in [-0.25, -0.2) is 0 Å². The van der Waals surface area contributed by atoms with E-state index in [0.717, 1.165) is 65.2 Å². The van der Waals surface area contributed by atoms with Gasteiger partial charge < -0.3 is 15.1 Å². The van der Waals surface area contributed by atoms with Crippen LogP contribution in [0.5, 0.6) is 0 Å². The third kappa shape index (κ3) is 2.96. The first-order chi connectivity index (χ1) is 9.74. The standard InChI is InChI=1S/C14H24N4O2/c19-13(17-3-1-2-4-17)11-16-5-7-18(8-6-16)14(20)12-9-15-10-12/h12,15H,1-11H2. The molecule has 6 nitrogen and oxygen atoms in total. The fourth-order valence-corrected chi connectivity index (χ4v) is 3.11. The van der Waals surface area contributed by atoms with Gasteiger partial charge in [-0.3, -0.25) is 14.5 Å². The minimum Gasteiger partial charge on any atom is -0.342 e. The van der Waals surface area contributed by atoms with E-state index in [9.17, 15) is 9.59 Å². The summed E-state index contributed by atoms with van der Waals surface area (Å²) < 4.78 is 0.